The molecular formula is C5H8ClN3. The van der Waals surface area contributed by atoms with Crippen LogP contribution in [0.25, 0.3) is 0 Å². The Kier molecular flexibility index (Phi) is 2.05. The van der Waals surface area contributed by atoms with Crippen LogP contribution >= 0.6 is 11.6 Å². The molecule has 0 aliphatic rings. The van der Waals surface area contributed by atoms with Crippen molar-refractivity contribution in [1.29, 1.82) is 0 Å². The second-order valence-electron chi connectivity index (χ2n) is 1.83. The number of H-pyrrole nitrogens is 1. The summed E-state index contributed by atoms with van der Waals surface area (Å²) in [4.78, 5) is 0. The van der Waals surface area contributed by atoms with Gasteiger partial charge in [-0.2, -0.15) is 0 Å². The number of aryl methyl sites for hydroxylation is 1. The first-order valence-electron chi connectivity index (χ1n) is 2.90. The van der Waals surface area contributed by atoms with Crippen molar-refractivity contribution >= 4 is 11.6 Å². The van der Waals surface area contributed by atoms with E-state index in [2.05, 4.69) is 22.3 Å². The van der Waals surface area contributed by atoms with E-state index in [4.69, 9.17) is 11.6 Å². The van der Waals surface area contributed by atoms with E-state index >= 15 is 0 Å². The first-order chi connectivity index (χ1) is 4.34. The predicted molar refractivity (Wildman–Crippen MR) is 35.4 cm³/mol. The first-order valence-corrected chi connectivity index (χ1v) is 3.27. The highest BCUT2D eigenvalue weighted by molar-refractivity contribution is 6.29. The summed E-state index contributed by atoms with van der Waals surface area (Å²) in [7, 11) is 0. The SMILES string of the molecule is CCCc1[nH]nnc1Cl. The van der Waals surface area contributed by atoms with Gasteiger partial charge in [-0.25, -0.2) is 0 Å². The van der Waals surface area contributed by atoms with Gasteiger partial charge in [0.2, 0.25) is 0 Å². The Labute approximate surface area is 58.4 Å². The molecule has 0 spiro atoms. The van der Waals surface area contributed by atoms with Gasteiger partial charge in [0.1, 0.15) is 0 Å². The minimum atomic E-state index is 0.497. The van der Waals surface area contributed by atoms with E-state index in [0.29, 0.717) is 5.15 Å². The summed E-state index contributed by atoms with van der Waals surface area (Å²) in [5.41, 5.74) is 0.930. The van der Waals surface area contributed by atoms with Gasteiger partial charge in [-0.3, -0.25) is 5.10 Å². The van der Waals surface area contributed by atoms with Crippen molar-refractivity contribution in [3.8, 4) is 0 Å². The predicted octanol–water partition coefficient (Wildman–Crippen LogP) is 1.41. The van der Waals surface area contributed by atoms with Gasteiger partial charge in [-0.15, -0.1) is 5.10 Å². The molecule has 0 aromatic carbocycles. The molecule has 1 rings (SSSR count). The Hall–Kier alpha value is -0.570. The van der Waals surface area contributed by atoms with Crippen LogP contribution < -0.4 is 0 Å². The Balaban J connectivity index is 2.69. The van der Waals surface area contributed by atoms with Crippen LogP contribution in [-0.2, 0) is 6.42 Å². The van der Waals surface area contributed by atoms with Crippen LogP contribution in [0, 0.1) is 0 Å². The highest BCUT2D eigenvalue weighted by Crippen LogP contribution is 2.08. The van der Waals surface area contributed by atoms with E-state index in [9.17, 15) is 0 Å². The van der Waals surface area contributed by atoms with Crippen LogP contribution in [0.5, 0.6) is 0 Å². The molecule has 0 aliphatic heterocycles. The number of aromatic amines is 1. The molecular weight excluding hydrogens is 138 g/mol. The molecule has 0 amide bonds. The van der Waals surface area contributed by atoms with Crippen molar-refractivity contribution < 1.29 is 0 Å². The van der Waals surface area contributed by atoms with Gasteiger partial charge < -0.3 is 0 Å². The fourth-order valence-electron chi connectivity index (χ4n) is 0.645. The molecule has 0 saturated heterocycles. The zero-order valence-electron chi connectivity index (χ0n) is 5.19. The van der Waals surface area contributed by atoms with Crippen molar-refractivity contribution in [3.63, 3.8) is 0 Å². The molecule has 1 N–H and O–H groups in total. The molecule has 3 nitrogen and oxygen atoms in total. The van der Waals surface area contributed by atoms with Crippen molar-refractivity contribution in [1.82, 2.24) is 15.4 Å². The molecule has 1 aromatic heterocycles. The van der Waals surface area contributed by atoms with Gasteiger partial charge in [0.25, 0.3) is 0 Å². The van der Waals surface area contributed by atoms with Crippen molar-refractivity contribution in [2.45, 2.75) is 19.8 Å². The van der Waals surface area contributed by atoms with E-state index in [1.165, 1.54) is 0 Å². The summed E-state index contributed by atoms with van der Waals surface area (Å²) >= 11 is 5.61. The molecule has 0 fully saturated rings. The molecule has 0 bridgehead atoms. The largest absolute Gasteiger partial charge is 0.261 e. The number of rotatable bonds is 2. The fraction of sp³-hybridized carbons (Fsp3) is 0.600. The smallest absolute Gasteiger partial charge is 0.174 e. The fourth-order valence-corrected chi connectivity index (χ4v) is 0.819. The summed E-state index contributed by atoms with van der Waals surface area (Å²) in [5.74, 6) is 0. The topological polar surface area (TPSA) is 41.6 Å². The number of hydrogen-bond acceptors (Lipinski definition) is 2. The maximum Gasteiger partial charge on any atom is 0.174 e. The zero-order chi connectivity index (χ0) is 6.69. The van der Waals surface area contributed by atoms with Crippen LogP contribution in [-0.4, -0.2) is 15.4 Å². The second-order valence-corrected chi connectivity index (χ2v) is 2.19. The van der Waals surface area contributed by atoms with E-state index in [-0.39, 0.29) is 0 Å². The maximum absolute atomic E-state index is 5.61. The van der Waals surface area contributed by atoms with E-state index in [0.717, 1.165) is 18.5 Å². The minimum Gasteiger partial charge on any atom is -0.261 e. The van der Waals surface area contributed by atoms with E-state index < -0.39 is 0 Å². The summed E-state index contributed by atoms with van der Waals surface area (Å²) in [5, 5.41) is 10.3. The third-order valence-corrected chi connectivity index (χ3v) is 1.38. The van der Waals surface area contributed by atoms with Crippen molar-refractivity contribution in [2.75, 3.05) is 0 Å². The van der Waals surface area contributed by atoms with Crippen LogP contribution in [0.15, 0.2) is 0 Å². The lowest BCUT2D eigenvalue weighted by atomic mass is 10.3. The minimum absolute atomic E-state index is 0.497. The molecule has 0 radical (unpaired) electrons. The Morgan fingerprint density at radius 3 is 2.89 bits per heavy atom. The molecule has 0 unspecified atom stereocenters. The highest BCUT2D eigenvalue weighted by atomic mass is 35.5. The van der Waals surface area contributed by atoms with Gasteiger partial charge in [0.15, 0.2) is 5.15 Å². The van der Waals surface area contributed by atoms with Crippen LogP contribution in [0.2, 0.25) is 5.15 Å². The molecule has 0 atom stereocenters. The molecule has 9 heavy (non-hydrogen) atoms. The van der Waals surface area contributed by atoms with Crippen LogP contribution in [0.1, 0.15) is 19.0 Å². The van der Waals surface area contributed by atoms with Crippen molar-refractivity contribution in [2.24, 2.45) is 0 Å². The second kappa shape index (κ2) is 2.82. The standard InChI is InChI=1S/C5H8ClN3/c1-2-3-4-5(6)8-9-7-4/h2-3H2,1H3,(H,7,8,9). The lowest BCUT2D eigenvalue weighted by Gasteiger charge is -1.88. The number of nitrogens with one attached hydrogen (secondary N) is 1. The number of halogens is 1. The normalized spacial score (nSPS) is 10.0. The highest BCUT2D eigenvalue weighted by Gasteiger charge is 2.00. The zero-order valence-corrected chi connectivity index (χ0v) is 5.94. The molecule has 0 saturated carbocycles. The summed E-state index contributed by atoms with van der Waals surface area (Å²) in [6.07, 6.45) is 1.98. The van der Waals surface area contributed by atoms with Gasteiger partial charge in [0, 0.05) is 0 Å². The first kappa shape index (κ1) is 6.55. The number of nitrogens with zero attached hydrogens (tertiary/aromatic N) is 2. The molecule has 1 aromatic rings. The Morgan fingerprint density at radius 1 is 1.67 bits per heavy atom. The summed E-state index contributed by atoms with van der Waals surface area (Å²) in [6, 6.07) is 0. The summed E-state index contributed by atoms with van der Waals surface area (Å²) in [6.45, 7) is 2.08. The Bertz CT molecular complexity index is 184. The average Bonchev–Trinajstić information content (AvgIpc) is 2.18. The Morgan fingerprint density at radius 2 is 2.44 bits per heavy atom. The molecule has 50 valence electrons. The average molecular weight is 146 g/mol. The van der Waals surface area contributed by atoms with Crippen molar-refractivity contribution in [3.05, 3.63) is 10.8 Å². The van der Waals surface area contributed by atoms with E-state index in [1.807, 2.05) is 0 Å². The summed E-state index contributed by atoms with van der Waals surface area (Å²) < 4.78 is 0. The third-order valence-electron chi connectivity index (χ3n) is 1.07. The van der Waals surface area contributed by atoms with Gasteiger partial charge >= 0.3 is 0 Å². The van der Waals surface area contributed by atoms with E-state index in [1.54, 1.807) is 0 Å². The van der Waals surface area contributed by atoms with Crippen LogP contribution in [0.3, 0.4) is 0 Å². The van der Waals surface area contributed by atoms with Crippen LogP contribution in [0.4, 0.5) is 0 Å². The lowest BCUT2D eigenvalue weighted by molar-refractivity contribution is 0.853. The van der Waals surface area contributed by atoms with Gasteiger partial charge in [0.05, 0.1) is 5.69 Å². The maximum atomic E-state index is 5.61. The molecule has 4 heteroatoms. The molecule has 0 aliphatic carbocycles. The lowest BCUT2D eigenvalue weighted by Crippen LogP contribution is -1.82. The van der Waals surface area contributed by atoms with Gasteiger partial charge in [-0.1, -0.05) is 30.2 Å². The number of hydrogen-bond donors (Lipinski definition) is 1. The third kappa shape index (κ3) is 1.42. The monoisotopic (exact) mass is 145 g/mol. The number of aromatic nitrogens is 3. The van der Waals surface area contributed by atoms with Gasteiger partial charge in [-0.05, 0) is 6.42 Å². The quantitative estimate of drug-likeness (QED) is 0.684. The molecule has 1 heterocycles.